The van der Waals surface area contributed by atoms with Crippen LogP contribution in [0.2, 0.25) is 0 Å². The first-order valence-electron chi connectivity index (χ1n) is 6.07. The van der Waals surface area contributed by atoms with E-state index < -0.39 is 0 Å². The molecule has 1 aliphatic rings. The summed E-state index contributed by atoms with van der Waals surface area (Å²) >= 11 is 0. The van der Waals surface area contributed by atoms with Crippen LogP contribution in [0.25, 0.3) is 0 Å². The van der Waals surface area contributed by atoms with E-state index in [4.69, 9.17) is 4.74 Å². The quantitative estimate of drug-likeness (QED) is 0.742. The van der Waals surface area contributed by atoms with Gasteiger partial charge in [-0.3, -0.25) is 4.79 Å². The molecule has 1 aliphatic heterocycles. The number of nitrogens with zero attached hydrogens (tertiary/aromatic N) is 1. The van der Waals surface area contributed by atoms with Crippen molar-refractivity contribution in [2.24, 2.45) is 0 Å². The van der Waals surface area contributed by atoms with Gasteiger partial charge in [0, 0.05) is 18.6 Å². The largest absolute Gasteiger partial charge is 0.469 e. The van der Waals surface area contributed by atoms with Gasteiger partial charge in [0.15, 0.2) is 0 Å². The van der Waals surface area contributed by atoms with E-state index in [0.717, 1.165) is 0 Å². The highest BCUT2D eigenvalue weighted by molar-refractivity contribution is 5.75. The number of carbonyl (C=O) groups excluding carboxylic acids is 2. The van der Waals surface area contributed by atoms with Crippen molar-refractivity contribution in [2.75, 3.05) is 26.8 Å². The molecule has 6 nitrogen and oxygen atoms in total. The molecule has 0 bridgehead atoms. The average Bonchev–Trinajstić information content (AvgIpc) is 2.27. The molecule has 1 unspecified atom stereocenters. The second kappa shape index (κ2) is 6.04. The van der Waals surface area contributed by atoms with Crippen molar-refractivity contribution in [1.29, 1.82) is 0 Å². The number of hydrogen-bond donors (Lipinski definition) is 1. The summed E-state index contributed by atoms with van der Waals surface area (Å²) in [5.41, 5.74) is -0.271. The first-order valence-corrected chi connectivity index (χ1v) is 6.07. The maximum atomic E-state index is 12.0. The van der Waals surface area contributed by atoms with Gasteiger partial charge in [0.05, 0.1) is 26.2 Å². The molecule has 18 heavy (non-hydrogen) atoms. The summed E-state index contributed by atoms with van der Waals surface area (Å²) in [7, 11) is 1.34. The van der Waals surface area contributed by atoms with Crippen LogP contribution in [0.3, 0.4) is 0 Å². The van der Waals surface area contributed by atoms with Gasteiger partial charge < -0.3 is 19.7 Å². The Morgan fingerprint density at radius 3 is 2.67 bits per heavy atom. The van der Waals surface area contributed by atoms with Gasteiger partial charge >= 0.3 is 12.0 Å². The predicted molar refractivity (Wildman–Crippen MR) is 66.2 cm³/mol. The van der Waals surface area contributed by atoms with Gasteiger partial charge in [-0.1, -0.05) is 0 Å². The SMILES string of the molecule is COC(=O)CC1CN(C(=O)NC(C)(C)C)CCO1. The van der Waals surface area contributed by atoms with Gasteiger partial charge in [-0.05, 0) is 20.8 Å². The lowest BCUT2D eigenvalue weighted by atomic mass is 10.1. The summed E-state index contributed by atoms with van der Waals surface area (Å²) in [6, 6.07) is -0.124. The monoisotopic (exact) mass is 258 g/mol. The number of ether oxygens (including phenoxy) is 2. The number of esters is 1. The smallest absolute Gasteiger partial charge is 0.317 e. The molecule has 1 atom stereocenters. The van der Waals surface area contributed by atoms with Crippen LogP contribution >= 0.6 is 0 Å². The van der Waals surface area contributed by atoms with E-state index in [1.54, 1.807) is 4.90 Å². The van der Waals surface area contributed by atoms with Gasteiger partial charge in [0.2, 0.25) is 0 Å². The fraction of sp³-hybridized carbons (Fsp3) is 0.833. The molecule has 1 saturated heterocycles. The number of carbonyl (C=O) groups is 2. The van der Waals surface area contributed by atoms with Gasteiger partial charge in [0.1, 0.15) is 0 Å². The maximum absolute atomic E-state index is 12.0. The lowest BCUT2D eigenvalue weighted by Crippen LogP contribution is -2.54. The van der Waals surface area contributed by atoms with Crippen LogP contribution < -0.4 is 5.32 Å². The molecule has 1 N–H and O–H groups in total. The van der Waals surface area contributed by atoms with E-state index in [1.165, 1.54) is 7.11 Å². The zero-order valence-corrected chi connectivity index (χ0v) is 11.5. The molecular weight excluding hydrogens is 236 g/mol. The second-order valence-corrected chi connectivity index (χ2v) is 5.40. The van der Waals surface area contributed by atoms with Crippen molar-refractivity contribution in [3.05, 3.63) is 0 Å². The third-order valence-corrected chi connectivity index (χ3v) is 2.53. The van der Waals surface area contributed by atoms with Crippen LogP contribution in [0.15, 0.2) is 0 Å². The molecule has 2 amide bonds. The minimum Gasteiger partial charge on any atom is -0.469 e. The van der Waals surface area contributed by atoms with E-state index in [0.29, 0.717) is 19.7 Å². The average molecular weight is 258 g/mol. The van der Waals surface area contributed by atoms with Crippen LogP contribution in [0.1, 0.15) is 27.2 Å². The minimum atomic E-state index is -0.321. The highest BCUT2D eigenvalue weighted by atomic mass is 16.5. The highest BCUT2D eigenvalue weighted by Gasteiger charge is 2.27. The van der Waals surface area contributed by atoms with Crippen LogP contribution in [-0.2, 0) is 14.3 Å². The number of nitrogens with one attached hydrogen (secondary N) is 1. The van der Waals surface area contributed by atoms with Crippen LogP contribution in [0, 0.1) is 0 Å². The van der Waals surface area contributed by atoms with E-state index >= 15 is 0 Å². The lowest BCUT2D eigenvalue weighted by Gasteiger charge is -2.34. The van der Waals surface area contributed by atoms with Crippen molar-refractivity contribution in [1.82, 2.24) is 10.2 Å². The predicted octanol–water partition coefficient (Wildman–Crippen LogP) is 0.758. The second-order valence-electron chi connectivity index (χ2n) is 5.40. The van der Waals surface area contributed by atoms with Crippen molar-refractivity contribution in [2.45, 2.75) is 38.8 Å². The van der Waals surface area contributed by atoms with Crippen molar-refractivity contribution < 1.29 is 19.1 Å². The van der Waals surface area contributed by atoms with E-state index in [1.807, 2.05) is 20.8 Å². The van der Waals surface area contributed by atoms with Crippen molar-refractivity contribution >= 4 is 12.0 Å². The molecule has 104 valence electrons. The molecule has 0 aliphatic carbocycles. The molecule has 0 aromatic heterocycles. The summed E-state index contributed by atoms with van der Waals surface area (Å²) in [5, 5.41) is 2.89. The summed E-state index contributed by atoms with van der Waals surface area (Å²) in [5.74, 6) is -0.321. The Morgan fingerprint density at radius 1 is 1.44 bits per heavy atom. The van der Waals surface area contributed by atoms with Crippen LogP contribution in [0.4, 0.5) is 4.79 Å². The van der Waals surface area contributed by atoms with Crippen LogP contribution in [-0.4, -0.2) is 55.3 Å². The summed E-state index contributed by atoms with van der Waals surface area (Å²) in [6.07, 6.45) is -0.104. The van der Waals surface area contributed by atoms with Gasteiger partial charge in [0.25, 0.3) is 0 Å². The molecule has 0 saturated carbocycles. The van der Waals surface area contributed by atoms with E-state index in [9.17, 15) is 9.59 Å². The summed E-state index contributed by atoms with van der Waals surface area (Å²) in [6.45, 7) is 7.18. The Kier molecular flexibility index (Phi) is 4.95. The Labute approximate surface area is 108 Å². The zero-order valence-electron chi connectivity index (χ0n) is 11.5. The van der Waals surface area contributed by atoms with Crippen molar-refractivity contribution in [3.63, 3.8) is 0 Å². The van der Waals surface area contributed by atoms with Gasteiger partial charge in [-0.25, -0.2) is 4.79 Å². The summed E-state index contributed by atoms with van der Waals surface area (Å²) < 4.78 is 10.0. The topological polar surface area (TPSA) is 67.9 Å². The first kappa shape index (κ1) is 14.8. The molecule has 1 fully saturated rings. The lowest BCUT2D eigenvalue weighted by molar-refractivity contribution is -0.145. The fourth-order valence-corrected chi connectivity index (χ4v) is 1.70. The standard InChI is InChI=1S/C12H22N2O4/c1-12(2,3)13-11(16)14-5-6-18-9(8-14)7-10(15)17-4/h9H,5-8H2,1-4H3,(H,13,16). The summed E-state index contributed by atoms with van der Waals surface area (Å²) in [4.78, 5) is 24.8. The number of hydrogen-bond acceptors (Lipinski definition) is 4. The number of morpholine rings is 1. The van der Waals surface area contributed by atoms with Crippen molar-refractivity contribution in [3.8, 4) is 0 Å². The molecule has 0 aromatic carbocycles. The normalized spacial score (nSPS) is 20.4. The van der Waals surface area contributed by atoms with Gasteiger partial charge in [-0.2, -0.15) is 0 Å². The minimum absolute atomic E-state index is 0.124. The molecular formula is C12H22N2O4. The third-order valence-electron chi connectivity index (χ3n) is 2.53. The molecule has 0 spiro atoms. The maximum Gasteiger partial charge on any atom is 0.317 e. The van der Waals surface area contributed by atoms with Crippen LogP contribution in [0.5, 0.6) is 0 Å². The Hall–Kier alpha value is -1.30. The molecule has 1 rings (SSSR count). The van der Waals surface area contributed by atoms with Gasteiger partial charge in [-0.15, -0.1) is 0 Å². The Bertz CT molecular complexity index is 312. The number of urea groups is 1. The number of methoxy groups -OCH3 is 1. The Morgan fingerprint density at radius 2 is 2.11 bits per heavy atom. The molecule has 0 radical (unpaired) electrons. The molecule has 1 heterocycles. The van der Waals surface area contributed by atoms with E-state index in [-0.39, 0.29) is 30.1 Å². The fourth-order valence-electron chi connectivity index (χ4n) is 1.70. The number of amides is 2. The molecule has 6 heteroatoms. The molecule has 0 aromatic rings. The zero-order chi connectivity index (χ0) is 13.8. The third kappa shape index (κ3) is 4.91. The first-order chi connectivity index (χ1) is 8.31. The van der Waals surface area contributed by atoms with E-state index in [2.05, 4.69) is 10.1 Å². The number of rotatable bonds is 2. The highest BCUT2D eigenvalue weighted by Crippen LogP contribution is 2.11. The Balaban J connectivity index is 2.48.